The van der Waals surface area contributed by atoms with Crippen LogP contribution in [0.2, 0.25) is 0 Å². The van der Waals surface area contributed by atoms with Crippen molar-refractivity contribution < 1.29 is 4.79 Å². The molecule has 3 rings (SSSR count). The molecule has 0 bridgehead atoms. The van der Waals surface area contributed by atoms with Crippen LogP contribution in [0.4, 0.5) is 16.2 Å². The van der Waals surface area contributed by atoms with Crippen molar-refractivity contribution in [1.29, 1.82) is 0 Å². The van der Waals surface area contributed by atoms with Gasteiger partial charge in [-0.25, -0.2) is 4.79 Å². The highest BCUT2D eigenvalue weighted by Crippen LogP contribution is 2.27. The van der Waals surface area contributed by atoms with Crippen LogP contribution in [0.25, 0.3) is 0 Å². The van der Waals surface area contributed by atoms with E-state index in [1.54, 1.807) is 0 Å². The largest absolute Gasteiger partial charge is 0.323 e. The van der Waals surface area contributed by atoms with Crippen molar-refractivity contribution in [3.8, 4) is 0 Å². The molecular formula is C17H18N2O. The fourth-order valence-electron chi connectivity index (χ4n) is 2.70. The van der Waals surface area contributed by atoms with Crippen molar-refractivity contribution in [3.63, 3.8) is 0 Å². The highest BCUT2D eigenvalue weighted by atomic mass is 16.2. The molecule has 0 spiro atoms. The first kappa shape index (κ1) is 12.7. The summed E-state index contributed by atoms with van der Waals surface area (Å²) in [6, 6.07) is 15.5. The third-order valence-electron chi connectivity index (χ3n) is 3.68. The number of carbonyl (C=O) groups excluding carboxylic acids is 1. The van der Waals surface area contributed by atoms with Gasteiger partial charge < -0.3 is 10.6 Å². The van der Waals surface area contributed by atoms with Gasteiger partial charge in [-0.2, -0.15) is 0 Å². The topological polar surface area (TPSA) is 41.1 Å². The number of aryl methyl sites for hydroxylation is 1. The van der Waals surface area contributed by atoms with E-state index >= 15 is 0 Å². The molecule has 3 heteroatoms. The maximum absolute atomic E-state index is 12.0. The Labute approximate surface area is 119 Å². The first-order chi connectivity index (χ1) is 9.83. The highest BCUT2D eigenvalue weighted by Gasteiger charge is 2.14. The minimum absolute atomic E-state index is 0.185. The van der Waals surface area contributed by atoms with E-state index in [0.717, 1.165) is 24.2 Å². The second-order valence-corrected chi connectivity index (χ2v) is 5.10. The van der Waals surface area contributed by atoms with Gasteiger partial charge in [0.05, 0.1) is 0 Å². The number of para-hydroxylation sites is 1. The van der Waals surface area contributed by atoms with Crippen LogP contribution in [0, 0.1) is 0 Å². The van der Waals surface area contributed by atoms with E-state index in [1.165, 1.54) is 24.0 Å². The zero-order chi connectivity index (χ0) is 13.8. The third-order valence-corrected chi connectivity index (χ3v) is 3.68. The Morgan fingerprint density at radius 3 is 2.50 bits per heavy atom. The predicted octanol–water partition coefficient (Wildman–Crippen LogP) is 4.21. The highest BCUT2D eigenvalue weighted by molar-refractivity contribution is 6.00. The Morgan fingerprint density at radius 2 is 1.65 bits per heavy atom. The molecular weight excluding hydrogens is 248 g/mol. The van der Waals surface area contributed by atoms with Gasteiger partial charge in [0, 0.05) is 11.4 Å². The second kappa shape index (κ2) is 5.78. The third kappa shape index (κ3) is 2.82. The fourth-order valence-corrected chi connectivity index (χ4v) is 2.70. The Kier molecular flexibility index (Phi) is 3.68. The molecule has 0 saturated heterocycles. The summed E-state index contributed by atoms with van der Waals surface area (Å²) in [7, 11) is 0. The van der Waals surface area contributed by atoms with E-state index < -0.39 is 0 Å². The number of carbonyl (C=O) groups is 1. The van der Waals surface area contributed by atoms with Crippen molar-refractivity contribution in [3.05, 3.63) is 59.7 Å². The van der Waals surface area contributed by atoms with Crippen molar-refractivity contribution in [2.75, 3.05) is 10.6 Å². The van der Waals surface area contributed by atoms with Gasteiger partial charge in [-0.15, -0.1) is 0 Å². The molecule has 0 radical (unpaired) electrons. The summed E-state index contributed by atoms with van der Waals surface area (Å²) in [6.45, 7) is 0. The molecule has 0 fully saturated rings. The van der Waals surface area contributed by atoms with E-state index in [4.69, 9.17) is 0 Å². The molecule has 0 unspecified atom stereocenters. The van der Waals surface area contributed by atoms with E-state index in [2.05, 4.69) is 16.7 Å². The predicted molar refractivity (Wildman–Crippen MR) is 82.2 cm³/mol. The van der Waals surface area contributed by atoms with Crippen molar-refractivity contribution in [2.45, 2.75) is 25.7 Å². The molecule has 2 aromatic carbocycles. The zero-order valence-electron chi connectivity index (χ0n) is 11.4. The lowest BCUT2D eigenvalue weighted by Crippen LogP contribution is -2.21. The van der Waals surface area contributed by atoms with Crippen LogP contribution in [0.1, 0.15) is 24.0 Å². The Morgan fingerprint density at radius 1 is 0.850 bits per heavy atom. The molecule has 20 heavy (non-hydrogen) atoms. The normalized spacial score (nSPS) is 13.4. The molecule has 0 aromatic heterocycles. The lowest BCUT2D eigenvalue weighted by molar-refractivity contribution is 0.262. The van der Waals surface area contributed by atoms with Gasteiger partial charge in [0.2, 0.25) is 0 Å². The van der Waals surface area contributed by atoms with Crippen LogP contribution in [0.3, 0.4) is 0 Å². The van der Waals surface area contributed by atoms with Crippen LogP contribution < -0.4 is 10.6 Å². The molecule has 0 atom stereocenters. The minimum Gasteiger partial charge on any atom is -0.308 e. The minimum atomic E-state index is -0.185. The average Bonchev–Trinajstić information content (AvgIpc) is 2.48. The van der Waals surface area contributed by atoms with Crippen LogP contribution >= 0.6 is 0 Å². The van der Waals surface area contributed by atoms with Gasteiger partial charge in [0.1, 0.15) is 0 Å². The number of hydrogen-bond acceptors (Lipinski definition) is 1. The number of urea groups is 1. The molecule has 1 aliphatic carbocycles. The number of fused-ring (bicyclic) bond motifs is 1. The van der Waals surface area contributed by atoms with Crippen LogP contribution in [-0.2, 0) is 12.8 Å². The van der Waals surface area contributed by atoms with Crippen LogP contribution in [0.5, 0.6) is 0 Å². The average molecular weight is 266 g/mol. The quantitative estimate of drug-likeness (QED) is 0.840. The van der Waals surface area contributed by atoms with Gasteiger partial charge in [-0.05, 0) is 55.0 Å². The van der Waals surface area contributed by atoms with Gasteiger partial charge in [-0.3, -0.25) is 0 Å². The molecule has 0 saturated carbocycles. The van der Waals surface area contributed by atoms with Crippen LogP contribution in [-0.4, -0.2) is 6.03 Å². The maximum Gasteiger partial charge on any atom is 0.323 e. The summed E-state index contributed by atoms with van der Waals surface area (Å²) in [5.41, 5.74) is 4.40. The van der Waals surface area contributed by atoms with Gasteiger partial charge in [0.15, 0.2) is 0 Å². The molecule has 0 heterocycles. The van der Waals surface area contributed by atoms with Crippen molar-refractivity contribution in [2.24, 2.45) is 0 Å². The van der Waals surface area contributed by atoms with Crippen molar-refractivity contribution >= 4 is 17.4 Å². The number of nitrogens with one attached hydrogen (secondary N) is 2. The standard InChI is InChI=1S/C17H18N2O/c20-17(18-14-9-2-1-3-10-14)19-16-12-6-8-13-7-4-5-11-15(13)16/h1-3,6,8-10,12H,4-5,7,11H2,(H2,18,19,20). The summed E-state index contributed by atoms with van der Waals surface area (Å²) in [5, 5.41) is 5.82. The summed E-state index contributed by atoms with van der Waals surface area (Å²) in [6.07, 6.45) is 4.61. The molecule has 102 valence electrons. The first-order valence-corrected chi connectivity index (χ1v) is 7.07. The summed E-state index contributed by atoms with van der Waals surface area (Å²) >= 11 is 0. The number of rotatable bonds is 2. The Bertz CT molecular complexity index is 608. The molecule has 3 nitrogen and oxygen atoms in total. The first-order valence-electron chi connectivity index (χ1n) is 7.07. The lowest BCUT2D eigenvalue weighted by Gasteiger charge is -2.19. The molecule has 2 N–H and O–H groups in total. The zero-order valence-corrected chi connectivity index (χ0v) is 11.4. The van der Waals surface area contributed by atoms with Crippen LogP contribution in [0.15, 0.2) is 48.5 Å². The summed E-state index contributed by atoms with van der Waals surface area (Å²) in [4.78, 5) is 12.0. The van der Waals surface area contributed by atoms with Crippen molar-refractivity contribution in [1.82, 2.24) is 0 Å². The molecule has 1 aliphatic rings. The van der Waals surface area contributed by atoms with E-state index in [1.807, 2.05) is 42.5 Å². The smallest absolute Gasteiger partial charge is 0.308 e. The number of benzene rings is 2. The molecule has 0 aliphatic heterocycles. The number of amides is 2. The van der Waals surface area contributed by atoms with E-state index in [0.29, 0.717) is 0 Å². The Hall–Kier alpha value is -2.29. The SMILES string of the molecule is O=C(Nc1ccccc1)Nc1cccc2c1CCCC2. The summed E-state index contributed by atoms with van der Waals surface area (Å²) in [5.74, 6) is 0. The van der Waals surface area contributed by atoms with E-state index in [9.17, 15) is 4.79 Å². The molecule has 2 amide bonds. The molecule has 2 aromatic rings. The monoisotopic (exact) mass is 266 g/mol. The second-order valence-electron chi connectivity index (χ2n) is 5.10. The summed E-state index contributed by atoms with van der Waals surface area (Å²) < 4.78 is 0. The maximum atomic E-state index is 12.0. The van der Waals surface area contributed by atoms with E-state index in [-0.39, 0.29) is 6.03 Å². The van der Waals surface area contributed by atoms with Gasteiger partial charge >= 0.3 is 6.03 Å². The number of anilines is 2. The Balaban J connectivity index is 1.73. The van der Waals surface area contributed by atoms with Gasteiger partial charge in [0.25, 0.3) is 0 Å². The lowest BCUT2D eigenvalue weighted by atomic mass is 9.90. The fraction of sp³-hybridized carbons (Fsp3) is 0.235. The van der Waals surface area contributed by atoms with Gasteiger partial charge in [-0.1, -0.05) is 30.3 Å². The number of hydrogen-bond donors (Lipinski definition) is 2.